The molecule has 1 unspecified atom stereocenters. The molecule has 0 saturated carbocycles. The van der Waals surface area contributed by atoms with Crippen LogP contribution in [0, 0.1) is 5.41 Å². The zero-order chi connectivity index (χ0) is 20.2. The molecule has 0 aromatic carbocycles. The minimum atomic E-state index is -4.39. The van der Waals surface area contributed by atoms with Gasteiger partial charge in [0.05, 0.1) is 11.9 Å². The summed E-state index contributed by atoms with van der Waals surface area (Å²) in [5.74, 6) is 0.158. The van der Waals surface area contributed by atoms with Crippen LogP contribution in [0.25, 0.3) is 0 Å². The summed E-state index contributed by atoms with van der Waals surface area (Å²) in [7, 11) is -3.33. The van der Waals surface area contributed by atoms with Crippen molar-refractivity contribution in [2.45, 2.75) is 64.2 Å². The highest BCUT2D eigenvalue weighted by Crippen LogP contribution is 2.44. The van der Waals surface area contributed by atoms with Crippen LogP contribution in [-0.2, 0) is 10.0 Å². The van der Waals surface area contributed by atoms with Crippen molar-refractivity contribution >= 4 is 15.8 Å². The molecule has 2 aliphatic rings. The van der Waals surface area contributed by atoms with Crippen LogP contribution in [0.1, 0.15) is 57.7 Å². The lowest BCUT2D eigenvalue weighted by Crippen LogP contribution is -2.44. The van der Waals surface area contributed by atoms with E-state index in [1.807, 2.05) is 20.8 Å². The average Bonchev–Trinajstić information content (AvgIpc) is 2.95. The predicted octanol–water partition coefficient (Wildman–Crippen LogP) is 3.36. The zero-order valence-corrected chi connectivity index (χ0v) is 16.9. The quantitative estimate of drug-likeness (QED) is 0.815. The van der Waals surface area contributed by atoms with E-state index in [9.17, 15) is 21.6 Å². The van der Waals surface area contributed by atoms with Gasteiger partial charge in [-0.05, 0) is 24.7 Å². The highest BCUT2D eigenvalue weighted by Gasteiger charge is 2.48. The lowest BCUT2D eigenvalue weighted by Gasteiger charge is -2.39. The second-order valence-electron chi connectivity index (χ2n) is 8.72. The molecule has 3 atom stereocenters. The lowest BCUT2D eigenvalue weighted by atomic mass is 9.82. The fraction of sp³-hybridized carbons (Fsp3) is 0.824. The molecule has 6 nitrogen and oxygen atoms in total. The van der Waals surface area contributed by atoms with Crippen LogP contribution in [0.2, 0.25) is 0 Å². The zero-order valence-electron chi connectivity index (χ0n) is 16.0. The summed E-state index contributed by atoms with van der Waals surface area (Å²) in [6.07, 6.45) is -1.94. The van der Waals surface area contributed by atoms with Crippen LogP contribution in [0.5, 0.6) is 0 Å². The second kappa shape index (κ2) is 6.65. The Morgan fingerprint density at radius 1 is 1.26 bits per heavy atom. The molecular weight excluding hydrogens is 381 g/mol. The molecule has 10 heteroatoms. The summed E-state index contributed by atoms with van der Waals surface area (Å²) >= 11 is 0. The van der Waals surface area contributed by atoms with Crippen molar-refractivity contribution in [1.29, 1.82) is 0 Å². The molecule has 1 N–H and O–H groups in total. The standard InChI is InChI=1S/C17H27F3N4O2S/c1-16(2,3)13-9-14(17(18,19)20)24-15(21-13)8-12(22-24)11-6-5-7-23(10-11)27(4,25)26/h8,11,13-14,21H,5-7,9-10H2,1-4H3/t11?,13-,14+/m0/s1. The van der Waals surface area contributed by atoms with Gasteiger partial charge in [-0.3, -0.25) is 0 Å². The number of rotatable bonds is 2. The first-order chi connectivity index (χ1) is 12.3. The number of piperidine rings is 1. The van der Waals surface area contributed by atoms with Crippen molar-refractivity contribution in [2.24, 2.45) is 5.41 Å². The smallest absolute Gasteiger partial charge is 0.367 e. The van der Waals surface area contributed by atoms with Crippen LogP contribution >= 0.6 is 0 Å². The minimum absolute atomic E-state index is 0.0821. The van der Waals surface area contributed by atoms with Crippen molar-refractivity contribution in [3.63, 3.8) is 0 Å². The number of hydrogen-bond acceptors (Lipinski definition) is 4. The molecule has 1 saturated heterocycles. The first-order valence-corrected chi connectivity index (χ1v) is 11.0. The number of fused-ring (bicyclic) bond motifs is 1. The summed E-state index contributed by atoms with van der Waals surface area (Å²) in [4.78, 5) is 0. The Morgan fingerprint density at radius 2 is 1.93 bits per heavy atom. The molecular formula is C17H27F3N4O2S. The van der Waals surface area contributed by atoms with Crippen LogP contribution in [-0.4, -0.2) is 54.1 Å². The number of aromatic nitrogens is 2. The number of sulfonamides is 1. The lowest BCUT2D eigenvalue weighted by molar-refractivity contribution is -0.175. The Labute approximate surface area is 158 Å². The van der Waals surface area contributed by atoms with Gasteiger partial charge in [0.25, 0.3) is 0 Å². The van der Waals surface area contributed by atoms with E-state index in [4.69, 9.17) is 0 Å². The van der Waals surface area contributed by atoms with E-state index < -0.39 is 22.2 Å². The van der Waals surface area contributed by atoms with Crippen molar-refractivity contribution < 1.29 is 21.6 Å². The summed E-state index contributed by atoms with van der Waals surface area (Å²) in [5.41, 5.74) is 0.187. The Kier molecular flexibility index (Phi) is 5.03. The second-order valence-corrected chi connectivity index (χ2v) is 10.7. The third-order valence-corrected chi connectivity index (χ3v) is 6.80. The molecule has 1 aromatic rings. The van der Waals surface area contributed by atoms with E-state index in [1.165, 1.54) is 4.31 Å². The van der Waals surface area contributed by atoms with Crippen LogP contribution in [0.15, 0.2) is 6.07 Å². The van der Waals surface area contributed by atoms with Gasteiger partial charge in [-0.15, -0.1) is 0 Å². The normalized spacial score (nSPS) is 27.9. The Bertz CT molecular complexity index is 798. The topological polar surface area (TPSA) is 67.2 Å². The maximum atomic E-state index is 13.7. The first-order valence-electron chi connectivity index (χ1n) is 9.14. The molecule has 0 radical (unpaired) electrons. The van der Waals surface area contributed by atoms with Crippen LogP contribution in [0.3, 0.4) is 0 Å². The number of alkyl halides is 3. The molecule has 2 aliphatic heterocycles. The monoisotopic (exact) mass is 408 g/mol. The van der Waals surface area contributed by atoms with E-state index in [2.05, 4.69) is 10.4 Å². The molecule has 1 aromatic heterocycles. The van der Waals surface area contributed by atoms with E-state index in [1.54, 1.807) is 6.07 Å². The fourth-order valence-corrected chi connectivity index (χ4v) is 4.76. The minimum Gasteiger partial charge on any atom is -0.367 e. The molecule has 27 heavy (non-hydrogen) atoms. The number of hydrogen-bond donors (Lipinski definition) is 1. The molecule has 0 aliphatic carbocycles. The van der Waals surface area contributed by atoms with E-state index >= 15 is 0 Å². The Morgan fingerprint density at radius 3 is 2.48 bits per heavy atom. The number of halogens is 3. The van der Waals surface area contributed by atoms with Gasteiger partial charge in [-0.2, -0.15) is 18.3 Å². The average molecular weight is 408 g/mol. The third kappa shape index (κ3) is 4.26. The van der Waals surface area contributed by atoms with Crippen molar-refractivity contribution in [2.75, 3.05) is 24.7 Å². The molecule has 0 spiro atoms. The van der Waals surface area contributed by atoms with Crippen LogP contribution < -0.4 is 5.32 Å². The third-order valence-electron chi connectivity index (χ3n) is 5.53. The molecule has 1 fully saturated rings. The molecule has 3 rings (SSSR count). The van der Waals surface area contributed by atoms with E-state index in [0.29, 0.717) is 30.9 Å². The van der Waals surface area contributed by atoms with Gasteiger partial charge in [0.2, 0.25) is 10.0 Å². The maximum Gasteiger partial charge on any atom is 0.410 e. The first kappa shape index (κ1) is 20.4. The summed E-state index contributed by atoms with van der Waals surface area (Å²) in [6.45, 7) is 6.44. The van der Waals surface area contributed by atoms with Crippen molar-refractivity contribution in [1.82, 2.24) is 14.1 Å². The van der Waals surface area contributed by atoms with Gasteiger partial charge in [-0.1, -0.05) is 20.8 Å². The van der Waals surface area contributed by atoms with Gasteiger partial charge in [0.15, 0.2) is 6.04 Å². The van der Waals surface area contributed by atoms with Gasteiger partial charge >= 0.3 is 6.18 Å². The number of anilines is 1. The predicted molar refractivity (Wildman–Crippen MR) is 97.2 cm³/mol. The number of nitrogens with zero attached hydrogens (tertiary/aromatic N) is 3. The highest BCUT2D eigenvalue weighted by molar-refractivity contribution is 7.88. The Balaban J connectivity index is 1.93. The molecule has 154 valence electrons. The molecule has 0 bridgehead atoms. The van der Waals surface area contributed by atoms with Gasteiger partial charge < -0.3 is 5.32 Å². The van der Waals surface area contributed by atoms with Crippen molar-refractivity contribution in [3.8, 4) is 0 Å². The summed E-state index contributed by atoms with van der Waals surface area (Å²) in [5, 5.41) is 7.48. The van der Waals surface area contributed by atoms with Gasteiger partial charge in [0, 0.05) is 31.1 Å². The SMILES string of the molecule is CC(C)(C)[C@@H]1C[C@H](C(F)(F)F)n2nc(C3CCCN(S(C)(=O)=O)C3)cc2N1. The largest absolute Gasteiger partial charge is 0.410 e. The van der Waals surface area contributed by atoms with Crippen LogP contribution in [0.4, 0.5) is 19.0 Å². The number of nitrogens with one attached hydrogen (secondary N) is 1. The molecule has 0 amide bonds. The fourth-order valence-electron chi connectivity index (χ4n) is 3.85. The highest BCUT2D eigenvalue weighted by atomic mass is 32.2. The maximum absolute atomic E-state index is 13.7. The van der Waals surface area contributed by atoms with Crippen molar-refractivity contribution in [3.05, 3.63) is 11.8 Å². The Hall–Kier alpha value is -1.29. The summed E-state index contributed by atoms with van der Waals surface area (Å²) in [6, 6.07) is -0.353. The van der Waals surface area contributed by atoms with E-state index in [-0.39, 0.29) is 30.3 Å². The van der Waals surface area contributed by atoms with E-state index in [0.717, 1.165) is 10.9 Å². The molecule has 3 heterocycles. The summed E-state index contributed by atoms with van der Waals surface area (Å²) < 4.78 is 67.1. The van der Waals surface area contributed by atoms with Gasteiger partial charge in [0.1, 0.15) is 5.82 Å². The van der Waals surface area contributed by atoms with Gasteiger partial charge in [-0.25, -0.2) is 17.4 Å².